The molecule has 0 aromatic heterocycles. The Balaban J connectivity index is 2.10. The molecular weight excluding hydrogens is 214 g/mol. The Kier molecular flexibility index (Phi) is 6.60. The quantitative estimate of drug-likeness (QED) is 0.426. The maximum atomic E-state index is 8.71. The molecule has 3 heteroatoms. The molecule has 1 fully saturated rings. The lowest BCUT2D eigenvalue weighted by molar-refractivity contribution is 0.112. The first-order valence-corrected chi connectivity index (χ1v) is 6.74. The maximum absolute atomic E-state index is 8.71. The van der Waals surface area contributed by atoms with Gasteiger partial charge in [-0.2, -0.15) is 0 Å². The lowest BCUT2D eigenvalue weighted by atomic mass is 9.80. The molecule has 0 aliphatic heterocycles. The predicted molar refractivity (Wildman–Crippen MR) is 70.9 cm³/mol. The topological polar surface area (TPSA) is 41.5 Å². The molecule has 0 amide bonds. The average molecular weight is 241 g/mol. The second kappa shape index (κ2) is 7.72. The van der Waals surface area contributed by atoms with Crippen molar-refractivity contribution in [3.8, 4) is 0 Å². The van der Waals surface area contributed by atoms with Gasteiger partial charge >= 0.3 is 0 Å². The normalized spacial score (nSPS) is 28.1. The average Bonchev–Trinajstić information content (AvgIpc) is 2.34. The molecule has 1 saturated carbocycles. The van der Waals surface area contributed by atoms with Crippen LogP contribution < -0.4 is 5.32 Å². The van der Waals surface area contributed by atoms with Gasteiger partial charge in [-0.1, -0.05) is 19.8 Å². The van der Waals surface area contributed by atoms with Crippen LogP contribution in [0.15, 0.2) is 11.8 Å². The predicted octanol–water partition coefficient (Wildman–Crippen LogP) is 3.23. The zero-order valence-electron chi connectivity index (χ0n) is 11.4. The summed E-state index contributed by atoms with van der Waals surface area (Å²) in [6.07, 6.45) is 6.51. The third-order valence-corrected chi connectivity index (χ3v) is 3.83. The summed E-state index contributed by atoms with van der Waals surface area (Å²) in [4.78, 5) is 0. The molecule has 1 atom stereocenters. The van der Waals surface area contributed by atoms with Gasteiger partial charge in [0.25, 0.3) is 0 Å². The number of rotatable bonds is 6. The minimum atomic E-state index is 0.498. The van der Waals surface area contributed by atoms with Crippen molar-refractivity contribution in [2.75, 3.05) is 13.3 Å². The van der Waals surface area contributed by atoms with Gasteiger partial charge < -0.3 is 9.84 Å². The van der Waals surface area contributed by atoms with Crippen LogP contribution in [0.25, 0.3) is 0 Å². The van der Waals surface area contributed by atoms with E-state index in [1.807, 2.05) is 6.92 Å². The zero-order chi connectivity index (χ0) is 12.7. The molecular formula is C14H27NO2. The largest absolute Gasteiger partial charge is 0.516 e. The van der Waals surface area contributed by atoms with Gasteiger partial charge in [-0.15, -0.1) is 0 Å². The molecule has 1 aliphatic rings. The Morgan fingerprint density at radius 2 is 2.06 bits per heavy atom. The summed E-state index contributed by atoms with van der Waals surface area (Å²) in [5.41, 5.74) is 0.853. The van der Waals surface area contributed by atoms with E-state index in [0.717, 1.165) is 23.7 Å². The van der Waals surface area contributed by atoms with Gasteiger partial charge in [-0.3, -0.25) is 5.32 Å². The van der Waals surface area contributed by atoms with E-state index in [2.05, 4.69) is 19.2 Å². The lowest BCUT2D eigenvalue weighted by Gasteiger charge is -2.31. The second-order valence-corrected chi connectivity index (χ2v) is 5.48. The Labute approximate surface area is 105 Å². The van der Waals surface area contributed by atoms with Crippen molar-refractivity contribution in [3.63, 3.8) is 0 Å². The summed E-state index contributed by atoms with van der Waals surface area (Å²) in [6.45, 7) is 7.52. The van der Waals surface area contributed by atoms with Crippen LogP contribution in [0.3, 0.4) is 0 Å². The van der Waals surface area contributed by atoms with Crippen molar-refractivity contribution in [3.05, 3.63) is 11.8 Å². The smallest absolute Gasteiger partial charge is 0.0971 e. The highest BCUT2D eigenvalue weighted by molar-refractivity contribution is 4.91. The highest BCUT2D eigenvalue weighted by atomic mass is 16.5. The first-order chi connectivity index (χ1) is 8.13. The molecule has 0 unspecified atom stereocenters. The van der Waals surface area contributed by atoms with Gasteiger partial charge in [-0.25, -0.2) is 0 Å². The highest BCUT2D eigenvalue weighted by Gasteiger charge is 2.22. The van der Waals surface area contributed by atoms with E-state index in [-0.39, 0.29) is 0 Å². The van der Waals surface area contributed by atoms with E-state index < -0.39 is 0 Å². The van der Waals surface area contributed by atoms with E-state index in [4.69, 9.17) is 9.84 Å². The van der Waals surface area contributed by atoms with E-state index >= 15 is 0 Å². The maximum Gasteiger partial charge on any atom is 0.0971 e. The molecule has 3 nitrogen and oxygen atoms in total. The van der Waals surface area contributed by atoms with E-state index in [1.165, 1.54) is 25.7 Å². The van der Waals surface area contributed by atoms with Crippen molar-refractivity contribution < 1.29 is 9.84 Å². The van der Waals surface area contributed by atoms with Gasteiger partial charge in [0.1, 0.15) is 0 Å². The third-order valence-electron chi connectivity index (χ3n) is 3.83. The van der Waals surface area contributed by atoms with Crippen LogP contribution in [0, 0.1) is 11.8 Å². The molecule has 0 bridgehead atoms. The van der Waals surface area contributed by atoms with Crippen LogP contribution in [0.2, 0.25) is 0 Å². The minimum absolute atomic E-state index is 0.498. The molecule has 0 aromatic rings. The fraction of sp³-hybridized carbons (Fsp3) is 0.857. The Morgan fingerprint density at radius 3 is 2.65 bits per heavy atom. The molecule has 1 aliphatic carbocycles. The lowest BCUT2D eigenvalue weighted by Crippen LogP contribution is -2.36. The van der Waals surface area contributed by atoms with Crippen LogP contribution >= 0.6 is 0 Å². The molecule has 0 heterocycles. The van der Waals surface area contributed by atoms with Crippen LogP contribution in [-0.4, -0.2) is 24.5 Å². The summed E-state index contributed by atoms with van der Waals surface area (Å²) in [5.74, 6) is 1.70. The van der Waals surface area contributed by atoms with Gasteiger partial charge in [0.15, 0.2) is 0 Å². The number of aliphatic hydroxyl groups is 1. The molecule has 0 spiro atoms. The second-order valence-electron chi connectivity index (χ2n) is 5.48. The summed E-state index contributed by atoms with van der Waals surface area (Å²) in [5, 5.41) is 12.1. The van der Waals surface area contributed by atoms with E-state index in [1.54, 1.807) is 0 Å². The molecule has 100 valence electrons. The Morgan fingerprint density at radius 1 is 1.41 bits per heavy atom. The first kappa shape index (κ1) is 14.5. The highest BCUT2D eigenvalue weighted by Crippen LogP contribution is 2.30. The molecule has 2 N–H and O–H groups in total. The number of ether oxygens (including phenoxy) is 1. The molecule has 17 heavy (non-hydrogen) atoms. The molecule has 0 radical (unpaired) electrons. The third kappa shape index (κ3) is 5.55. The van der Waals surface area contributed by atoms with Crippen LogP contribution in [0.1, 0.15) is 46.5 Å². The van der Waals surface area contributed by atoms with Crippen LogP contribution in [0.5, 0.6) is 0 Å². The number of hydrogen-bond acceptors (Lipinski definition) is 3. The van der Waals surface area contributed by atoms with Gasteiger partial charge in [0, 0.05) is 6.04 Å². The zero-order valence-corrected chi connectivity index (χ0v) is 11.4. The fourth-order valence-corrected chi connectivity index (χ4v) is 2.39. The van der Waals surface area contributed by atoms with Gasteiger partial charge in [-0.05, 0) is 44.1 Å². The molecule has 0 saturated heterocycles. The minimum Gasteiger partial charge on any atom is -0.516 e. The van der Waals surface area contributed by atoms with Crippen molar-refractivity contribution in [1.82, 2.24) is 5.32 Å². The van der Waals surface area contributed by atoms with E-state index in [9.17, 15) is 0 Å². The Bertz CT molecular complexity index is 232. The standard InChI is InChI=1S/C14H27NO2/c1-11-4-6-14(7-5-11)13(3)15-10-17-9-12(2)8-16/h8,11,13-16H,4-7,9-10H2,1-3H3/b12-8+/t11?,13-,14?/m1/s1. The van der Waals surface area contributed by atoms with E-state index in [0.29, 0.717) is 19.4 Å². The fourth-order valence-electron chi connectivity index (χ4n) is 2.39. The Hall–Kier alpha value is -0.540. The van der Waals surface area contributed by atoms with Crippen LogP contribution in [0.4, 0.5) is 0 Å². The summed E-state index contributed by atoms with van der Waals surface area (Å²) in [7, 11) is 0. The van der Waals surface area contributed by atoms with Crippen LogP contribution in [-0.2, 0) is 4.74 Å². The SMILES string of the molecule is C/C(=C\O)COCN[C@H](C)C1CCC(C)CC1. The number of nitrogens with one attached hydrogen (secondary N) is 1. The van der Waals surface area contributed by atoms with Crippen molar-refractivity contribution in [1.29, 1.82) is 0 Å². The summed E-state index contributed by atoms with van der Waals surface area (Å²) in [6, 6.07) is 0.529. The van der Waals surface area contributed by atoms with Crippen molar-refractivity contribution in [2.45, 2.75) is 52.5 Å². The molecule has 1 rings (SSSR count). The van der Waals surface area contributed by atoms with Crippen molar-refractivity contribution in [2.24, 2.45) is 11.8 Å². The van der Waals surface area contributed by atoms with Crippen molar-refractivity contribution >= 4 is 0 Å². The van der Waals surface area contributed by atoms with Gasteiger partial charge in [0.05, 0.1) is 19.6 Å². The monoisotopic (exact) mass is 241 g/mol. The number of hydrogen-bond donors (Lipinski definition) is 2. The molecule has 0 aromatic carbocycles. The number of aliphatic hydroxyl groups excluding tert-OH is 1. The first-order valence-electron chi connectivity index (χ1n) is 6.74. The summed E-state index contributed by atoms with van der Waals surface area (Å²) >= 11 is 0. The summed E-state index contributed by atoms with van der Waals surface area (Å²) < 4.78 is 5.43. The van der Waals surface area contributed by atoms with Gasteiger partial charge in [0.2, 0.25) is 0 Å².